The van der Waals surface area contributed by atoms with Crippen LogP contribution in [0.1, 0.15) is 27.2 Å². The summed E-state index contributed by atoms with van der Waals surface area (Å²) in [4.78, 5) is 4.21. The third-order valence-corrected chi connectivity index (χ3v) is 1.89. The van der Waals surface area contributed by atoms with Crippen molar-refractivity contribution in [3.05, 3.63) is 12.2 Å². The van der Waals surface area contributed by atoms with Gasteiger partial charge >= 0.3 is 0 Å². The summed E-state index contributed by atoms with van der Waals surface area (Å²) in [5, 5.41) is 3.00. The highest BCUT2D eigenvalue weighted by Crippen LogP contribution is 1.97. The molecule has 3 N–H and O–H groups in total. The predicted octanol–water partition coefficient (Wildman–Crippen LogP) is 1.53. The molecule has 0 aliphatic carbocycles. The van der Waals surface area contributed by atoms with Crippen molar-refractivity contribution >= 4 is 5.96 Å². The topological polar surface area (TPSA) is 59.6 Å². The molecule has 0 fully saturated rings. The number of nitrogens with two attached hydrogens (primary N) is 1. The summed E-state index contributed by atoms with van der Waals surface area (Å²) >= 11 is 0. The van der Waals surface area contributed by atoms with Crippen molar-refractivity contribution in [1.82, 2.24) is 5.32 Å². The Balaban J connectivity index is 3.42. The van der Waals surface area contributed by atoms with E-state index in [-0.39, 0.29) is 0 Å². The normalized spacial score (nSPS) is 11.9. The molecule has 4 nitrogen and oxygen atoms in total. The molecule has 4 heteroatoms. The summed E-state index contributed by atoms with van der Waals surface area (Å²) in [6, 6.07) is 0. The Labute approximate surface area is 99.0 Å². The Morgan fingerprint density at radius 1 is 1.50 bits per heavy atom. The molecule has 16 heavy (non-hydrogen) atoms. The number of hydrogen-bond donors (Lipinski definition) is 2. The lowest BCUT2D eigenvalue weighted by atomic mass is 10.1. The highest BCUT2D eigenvalue weighted by atomic mass is 16.5. The maximum atomic E-state index is 5.67. The van der Waals surface area contributed by atoms with E-state index in [1.165, 1.54) is 0 Å². The molecule has 0 spiro atoms. The lowest BCUT2D eigenvalue weighted by Crippen LogP contribution is -2.34. The van der Waals surface area contributed by atoms with Gasteiger partial charge in [-0.05, 0) is 19.3 Å². The molecular weight excluding hydrogens is 202 g/mol. The first kappa shape index (κ1) is 15.0. The van der Waals surface area contributed by atoms with E-state index >= 15 is 0 Å². The lowest BCUT2D eigenvalue weighted by molar-refractivity contribution is 0.161. The number of hydrogen-bond acceptors (Lipinski definition) is 2. The van der Waals surface area contributed by atoms with Crippen LogP contribution in [-0.2, 0) is 4.74 Å². The van der Waals surface area contributed by atoms with Crippen LogP contribution in [0.4, 0.5) is 0 Å². The van der Waals surface area contributed by atoms with Gasteiger partial charge in [0.1, 0.15) is 0 Å². The maximum Gasteiger partial charge on any atom is 0.188 e. The van der Waals surface area contributed by atoms with Crippen molar-refractivity contribution in [2.24, 2.45) is 16.6 Å². The Hall–Kier alpha value is -1.03. The minimum absolute atomic E-state index is 0.500. The third kappa shape index (κ3) is 11.0. The molecule has 0 amide bonds. The minimum Gasteiger partial charge on any atom is -0.375 e. The Morgan fingerprint density at radius 2 is 2.19 bits per heavy atom. The average Bonchev–Trinajstić information content (AvgIpc) is 2.16. The first-order valence-electron chi connectivity index (χ1n) is 5.78. The van der Waals surface area contributed by atoms with Crippen molar-refractivity contribution in [3.8, 4) is 0 Å². The van der Waals surface area contributed by atoms with Crippen LogP contribution in [0.25, 0.3) is 0 Å². The minimum atomic E-state index is 0.500. The van der Waals surface area contributed by atoms with E-state index in [4.69, 9.17) is 10.5 Å². The molecule has 0 aromatic rings. The molecule has 0 atom stereocenters. The fourth-order valence-corrected chi connectivity index (χ4v) is 0.997. The van der Waals surface area contributed by atoms with Gasteiger partial charge in [0.25, 0.3) is 0 Å². The number of nitrogens with zero attached hydrogens (tertiary/aromatic N) is 1. The summed E-state index contributed by atoms with van der Waals surface area (Å²) in [5.74, 6) is 1.16. The highest BCUT2D eigenvalue weighted by molar-refractivity contribution is 5.77. The first-order chi connectivity index (χ1) is 7.52. The quantitative estimate of drug-likeness (QED) is 0.286. The van der Waals surface area contributed by atoms with Crippen LogP contribution in [0.15, 0.2) is 17.1 Å². The van der Waals surface area contributed by atoms with E-state index in [9.17, 15) is 0 Å². The number of ether oxygens (including phenoxy) is 1. The summed E-state index contributed by atoms with van der Waals surface area (Å²) in [5.41, 5.74) is 6.69. The van der Waals surface area contributed by atoms with Gasteiger partial charge in [0, 0.05) is 13.1 Å². The number of nitrogens with one attached hydrogen (secondary N) is 1. The van der Waals surface area contributed by atoms with E-state index in [1.54, 1.807) is 0 Å². The molecule has 0 saturated heterocycles. The van der Waals surface area contributed by atoms with E-state index in [2.05, 4.69) is 30.7 Å². The largest absolute Gasteiger partial charge is 0.375 e. The zero-order valence-corrected chi connectivity index (χ0v) is 10.8. The van der Waals surface area contributed by atoms with Gasteiger partial charge in [-0.2, -0.15) is 0 Å². The molecule has 0 bridgehead atoms. The fourth-order valence-electron chi connectivity index (χ4n) is 0.997. The van der Waals surface area contributed by atoms with Gasteiger partial charge in [0.2, 0.25) is 0 Å². The molecule has 0 aliphatic rings. The van der Waals surface area contributed by atoms with Crippen LogP contribution < -0.4 is 11.1 Å². The van der Waals surface area contributed by atoms with Gasteiger partial charge in [-0.3, -0.25) is 4.99 Å². The monoisotopic (exact) mass is 227 g/mol. The van der Waals surface area contributed by atoms with Gasteiger partial charge in [-0.15, -0.1) is 0 Å². The van der Waals surface area contributed by atoms with E-state index in [0.717, 1.165) is 18.5 Å². The lowest BCUT2D eigenvalue weighted by Gasteiger charge is -2.07. The number of guanidine groups is 1. The molecule has 0 rings (SSSR count). The fraction of sp³-hybridized carbons (Fsp3) is 0.750. The van der Waals surface area contributed by atoms with Crippen molar-refractivity contribution in [1.29, 1.82) is 0 Å². The van der Waals surface area contributed by atoms with Crippen molar-refractivity contribution in [3.63, 3.8) is 0 Å². The van der Waals surface area contributed by atoms with Crippen LogP contribution >= 0.6 is 0 Å². The van der Waals surface area contributed by atoms with Gasteiger partial charge in [-0.1, -0.05) is 26.0 Å². The molecule has 0 radical (unpaired) electrons. The molecule has 94 valence electrons. The molecular formula is C12H25N3O. The second kappa shape index (κ2) is 9.21. The smallest absolute Gasteiger partial charge is 0.188 e. The third-order valence-electron chi connectivity index (χ3n) is 1.89. The van der Waals surface area contributed by atoms with E-state index in [0.29, 0.717) is 31.6 Å². The van der Waals surface area contributed by atoms with Crippen molar-refractivity contribution < 1.29 is 4.74 Å². The van der Waals surface area contributed by atoms with Crippen molar-refractivity contribution in [2.75, 3.05) is 26.3 Å². The molecule has 0 aromatic carbocycles. The van der Waals surface area contributed by atoms with E-state index < -0.39 is 0 Å². The average molecular weight is 227 g/mol. The number of aliphatic imine (C=N–C) groups is 1. The maximum absolute atomic E-state index is 5.67. The van der Waals surface area contributed by atoms with Crippen LogP contribution in [0.5, 0.6) is 0 Å². The van der Waals surface area contributed by atoms with Crippen LogP contribution in [-0.4, -0.2) is 32.3 Å². The zero-order valence-electron chi connectivity index (χ0n) is 10.8. The summed E-state index contributed by atoms with van der Waals surface area (Å²) < 4.78 is 5.32. The molecule has 0 heterocycles. The Bertz CT molecular complexity index is 224. The predicted molar refractivity (Wildman–Crippen MR) is 69.6 cm³/mol. The number of rotatable bonds is 8. The van der Waals surface area contributed by atoms with Crippen molar-refractivity contribution in [2.45, 2.75) is 27.2 Å². The van der Waals surface area contributed by atoms with Gasteiger partial charge in [0.05, 0.1) is 13.2 Å². The zero-order chi connectivity index (χ0) is 12.4. The summed E-state index contributed by atoms with van der Waals surface area (Å²) in [6.07, 6.45) is 1.06. The first-order valence-corrected chi connectivity index (χ1v) is 5.78. The molecule has 0 unspecified atom stereocenters. The molecule has 0 saturated carbocycles. The Kier molecular flexibility index (Phi) is 8.62. The van der Waals surface area contributed by atoms with Gasteiger partial charge < -0.3 is 15.8 Å². The molecule has 0 aromatic heterocycles. The summed E-state index contributed by atoms with van der Waals surface area (Å²) in [6.45, 7) is 12.7. The summed E-state index contributed by atoms with van der Waals surface area (Å²) in [7, 11) is 0. The van der Waals surface area contributed by atoms with Gasteiger partial charge in [-0.25, -0.2) is 0 Å². The van der Waals surface area contributed by atoms with E-state index in [1.807, 2.05) is 6.92 Å². The SMILES string of the molecule is C=C(C)COCCNC(N)=NCCC(C)C. The standard InChI is InChI=1S/C12H25N3O/c1-10(2)5-6-14-12(13)15-7-8-16-9-11(3)4/h10H,3,5-9H2,1-2,4H3,(H3,13,14,15). The molecule has 0 aliphatic heterocycles. The van der Waals surface area contributed by atoms with Crippen LogP contribution in [0.2, 0.25) is 0 Å². The second-order valence-electron chi connectivity index (χ2n) is 4.39. The highest BCUT2D eigenvalue weighted by Gasteiger charge is 1.94. The second-order valence-corrected chi connectivity index (χ2v) is 4.39. The van der Waals surface area contributed by atoms with Gasteiger partial charge in [0.15, 0.2) is 5.96 Å². The Morgan fingerprint density at radius 3 is 2.75 bits per heavy atom. The van der Waals surface area contributed by atoms with Crippen LogP contribution in [0, 0.1) is 5.92 Å². The van der Waals surface area contributed by atoms with Crippen LogP contribution in [0.3, 0.4) is 0 Å².